The molecule has 9 nitrogen and oxygen atoms in total. The molecule has 0 spiro atoms. The maximum atomic E-state index is 11.3. The van der Waals surface area contributed by atoms with Gasteiger partial charge in [-0.15, -0.1) is 5.10 Å². The summed E-state index contributed by atoms with van der Waals surface area (Å²) in [7, 11) is 0. The average Bonchev–Trinajstić information content (AvgIpc) is 3.13. The molecule has 2 atom stereocenters. The van der Waals surface area contributed by atoms with Crippen LogP contribution in [0, 0.1) is 6.92 Å². The van der Waals surface area contributed by atoms with Crippen LogP contribution in [-0.4, -0.2) is 56.9 Å². The molecule has 2 heterocycles. The summed E-state index contributed by atoms with van der Waals surface area (Å²) in [6, 6.07) is 3.67. The maximum absolute atomic E-state index is 11.3. The Morgan fingerprint density at radius 1 is 1.45 bits per heavy atom. The van der Waals surface area contributed by atoms with Crippen LogP contribution in [0.4, 0.5) is 16.5 Å². The van der Waals surface area contributed by atoms with Gasteiger partial charge < -0.3 is 25.5 Å². The average molecular weight is 423 g/mol. The van der Waals surface area contributed by atoms with E-state index in [1.807, 2.05) is 32.9 Å². The van der Waals surface area contributed by atoms with Gasteiger partial charge in [-0.05, 0) is 43.5 Å². The van der Waals surface area contributed by atoms with Gasteiger partial charge >= 0.3 is 12.1 Å². The van der Waals surface area contributed by atoms with Crippen LogP contribution in [0.5, 0.6) is 0 Å². The number of nitrogens with zero attached hydrogens (tertiary/aromatic N) is 4. The van der Waals surface area contributed by atoms with Crippen molar-refractivity contribution in [3.63, 3.8) is 0 Å². The van der Waals surface area contributed by atoms with E-state index in [4.69, 9.17) is 21.8 Å². The van der Waals surface area contributed by atoms with Gasteiger partial charge in [-0.1, -0.05) is 23.6 Å². The first-order valence-electron chi connectivity index (χ1n) is 9.65. The predicted molar refractivity (Wildman–Crippen MR) is 110 cm³/mol. The number of rotatable bonds is 6. The number of amides is 1. The van der Waals surface area contributed by atoms with E-state index < -0.39 is 6.09 Å². The summed E-state index contributed by atoms with van der Waals surface area (Å²) in [4.78, 5) is 15.0. The Bertz CT molecular complexity index is 874. The fourth-order valence-corrected chi connectivity index (χ4v) is 3.70. The van der Waals surface area contributed by atoms with E-state index in [-0.39, 0.29) is 18.1 Å². The third-order valence-electron chi connectivity index (χ3n) is 5.27. The number of anilines is 2. The number of piperazine rings is 1. The molecule has 0 bridgehead atoms. The zero-order valence-electron chi connectivity index (χ0n) is 16.9. The Balaban J connectivity index is 1.74. The quantitative estimate of drug-likeness (QED) is 0.647. The topological polar surface area (TPSA) is 121 Å². The van der Waals surface area contributed by atoms with Crippen LogP contribution in [0.1, 0.15) is 43.3 Å². The summed E-state index contributed by atoms with van der Waals surface area (Å²) in [6.07, 6.45) is -0.167. The smallest absolute Gasteiger partial charge is 0.407 e. The molecule has 1 aliphatic heterocycles. The second kappa shape index (κ2) is 8.98. The first-order valence-corrected chi connectivity index (χ1v) is 10.0. The minimum atomic E-state index is -0.871. The second-order valence-corrected chi connectivity index (χ2v) is 7.82. The highest BCUT2D eigenvalue weighted by atomic mass is 35.5. The SMILES string of the molecule is CCC(N)c1nnc(Nc2cc(Cl)cc(CN3CCN(C(=O)O)[C@@H](C)C3)c2C)o1. The van der Waals surface area contributed by atoms with Gasteiger partial charge in [-0.2, -0.15) is 0 Å². The molecule has 10 heteroatoms. The van der Waals surface area contributed by atoms with Crippen LogP contribution in [0.15, 0.2) is 16.5 Å². The Hall–Kier alpha value is -2.36. The number of carbonyl (C=O) groups is 1. The number of benzene rings is 1. The van der Waals surface area contributed by atoms with Gasteiger partial charge in [0.25, 0.3) is 0 Å². The van der Waals surface area contributed by atoms with Gasteiger partial charge in [-0.25, -0.2) is 4.79 Å². The number of halogens is 1. The third kappa shape index (κ3) is 4.98. The van der Waals surface area contributed by atoms with Gasteiger partial charge in [0.15, 0.2) is 0 Å². The van der Waals surface area contributed by atoms with Gasteiger partial charge in [0.05, 0.1) is 6.04 Å². The lowest BCUT2D eigenvalue weighted by molar-refractivity contribution is 0.0710. The van der Waals surface area contributed by atoms with Crippen molar-refractivity contribution in [2.75, 3.05) is 25.0 Å². The lowest BCUT2D eigenvalue weighted by Gasteiger charge is -2.38. The number of hydrogen-bond donors (Lipinski definition) is 3. The number of carboxylic acid groups (broad SMARTS) is 1. The summed E-state index contributed by atoms with van der Waals surface area (Å²) in [5.74, 6) is 0.389. The molecule has 3 rings (SSSR count). The van der Waals surface area contributed by atoms with Crippen molar-refractivity contribution < 1.29 is 14.3 Å². The summed E-state index contributed by atoms with van der Waals surface area (Å²) in [5.41, 5.74) is 8.79. The van der Waals surface area contributed by atoms with E-state index >= 15 is 0 Å². The predicted octanol–water partition coefficient (Wildman–Crippen LogP) is 3.37. The van der Waals surface area contributed by atoms with Crippen molar-refractivity contribution in [1.82, 2.24) is 20.0 Å². The van der Waals surface area contributed by atoms with Crippen LogP contribution in [0.25, 0.3) is 0 Å². The zero-order chi connectivity index (χ0) is 21.1. The number of nitrogens with one attached hydrogen (secondary N) is 1. The third-order valence-corrected chi connectivity index (χ3v) is 5.49. The molecule has 1 aromatic carbocycles. The molecule has 1 saturated heterocycles. The summed E-state index contributed by atoms with van der Waals surface area (Å²) in [6.45, 7) is 8.38. The molecule has 1 aromatic heterocycles. The van der Waals surface area contributed by atoms with Crippen LogP contribution in [0.3, 0.4) is 0 Å². The molecule has 4 N–H and O–H groups in total. The minimum Gasteiger partial charge on any atom is -0.465 e. The molecule has 2 aromatic rings. The van der Waals surface area contributed by atoms with Crippen LogP contribution in [0.2, 0.25) is 5.02 Å². The van der Waals surface area contributed by atoms with Crippen molar-refractivity contribution >= 4 is 29.4 Å². The highest BCUT2D eigenvalue weighted by molar-refractivity contribution is 6.31. The van der Waals surface area contributed by atoms with Gasteiger partial charge in [0.2, 0.25) is 5.89 Å². The molecule has 0 aliphatic carbocycles. The van der Waals surface area contributed by atoms with Gasteiger partial charge in [0.1, 0.15) is 0 Å². The molecule has 158 valence electrons. The van der Waals surface area contributed by atoms with E-state index in [9.17, 15) is 9.90 Å². The van der Waals surface area contributed by atoms with Crippen molar-refractivity contribution in [2.24, 2.45) is 5.73 Å². The fraction of sp³-hybridized carbons (Fsp3) is 0.526. The first-order chi connectivity index (χ1) is 13.8. The van der Waals surface area contributed by atoms with Crippen LogP contribution in [-0.2, 0) is 6.54 Å². The highest BCUT2D eigenvalue weighted by Gasteiger charge is 2.27. The molecule has 1 aliphatic rings. The van der Waals surface area contributed by atoms with Crippen molar-refractivity contribution in [3.05, 3.63) is 34.2 Å². The largest absolute Gasteiger partial charge is 0.465 e. The Morgan fingerprint density at radius 2 is 2.21 bits per heavy atom. The Labute approximate surface area is 174 Å². The van der Waals surface area contributed by atoms with Crippen LogP contribution >= 0.6 is 11.6 Å². The normalized spacial score (nSPS) is 18.7. The molecular formula is C19H27ClN6O3. The van der Waals surface area contributed by atoms with Crippen molar-refractivity contribution in [3.8, 4) is 0 Å². The molecule has 0 saturated carbocycles. The Kier molecular flexibility index (Phi) is 6.61. The summed E-state index contributed by atoms with van der Waals surface area (Å²) < 4.78 is 5.60. The van der Waals surface area contributed by atoms with E-state index in [1.54, 1.807) is 0 Å². The number of hydrogen-bond acceptors (Lipinski definition) is 7. The molecular weight excluding hydrogens is 396 g/mol. The van der Waals surface area contributed by atoms with Gasteiger partial charge in [-0.3, -0.25) is 4.90 Å². The minimum absolute atomic E-state index is 0.0575. The van der Waals surface area contributed by atoms with Crippen molar-refractivity contribution in [2.45, 2.75) is 45.8 Å². The monoisotopic (exact) mass is 422 g/mol. The van der Waals surface area contributed by atoms with Gasteiger partial charge in [0, 0.05) is 42.9 Å². The number of nitrogens with two attached hydrogens (primary N) is 1. The van der Waals surface area contributed by atoms with E-state index in [1.165, 1.54) is 4.90 Å². The summed E-state index contributed by atoms with van der Waals surface area (Å²) in [5, 5.41) is 21.0. The second-order valence-electron chi connectivity index (χ2n) is 7.38. The van der Waals surface area contributed by atoms with Crippen molar-refractivity contribution in [1.29, 1.82) is 0 Å². The Morgan fingerprint density at radius 3 is 2.86 bits per heavy atom. The molecule has 0 radical (unpaired) electrons. The maximum Gasteiger partial charge on any atom is 0.407 e. The summed E-state index contributed by atoms with van der Waals surface area (Å²) >= 11 is 6.35. The molecule has 29 heavy (non-hydrogen) atoms. The lowest BCUT2D eigenvalue weighted by atomic mass is 10.0. The lowest BCUT2D eigenvalue weighted by Crippen LogP contribution is -2.53. The first kappa shape index (κ1) is 21.4. The molecule has 1 amide bonds. The van der Waals surface area contributed by atoms with E-state index in [0.717, 1.165) is 16.8 Å². The van der Waals surface area contributed by atoms with E-state index in [0.29, 0.717) is 43.5 Å². The van der Waals surface area contributed by atoms with Crippen LogP contribution < -0.4 is 11.1 Å². The molecule has 1 unspecified atom stereocenters. The zero-order valence-corrected chi connectivity index (χ0v) is 17.6. The number of aromatic nitrogens is 2. The fourth-order valence-electron chi connectivity index (χ4n) is 3.46. The standard InChI is InChI=1S/C19H27ClN6O3/c1-4-15(21)17-23-24-18(29-17)22-16-8-14(20)7-13(12(16)3)10-25-5-6-26(19(27)28)11(2)9-25/h7-8,11,15H,4-6,9-10,21H2,1-3H3,(H,22,24)(H,27,28)/t11-,15?/m0/s1. The van der Waals surface area contributed by atoms with E-state index in [2.05, 4.69) is 20.4 Å². The molecule has 1 fully saturated rings. The highest BCUT2D eigenvalue weighted by Crippen LogP contribution is 2.29.